The lowest BCUT2D eigenvalue weighted by Gasteiger charge is -1.97. The normalized spacial score (nSPS) is 11.2. The summed E-state index contributed by atoms with van der Waals surface area (Å²) in [6.07, 6.45) is 2.48. The van der Waals surface area contributed by atoms with E-state index in [4.69, 9.17) is 0 Å². The highest BCUT2D eigenvalue weighted by Gasteiger charge is 2.04. The second-order valence-electron chi connectivity index (χ2n) is 2.99. The topological polar surface area (TPSA) is 34.4 Å². The van der Waals surface area contributed by atoms with Crippen LogP contribution in [0, 0.1) is 0 Å². The molecule has 0 aliphatic heterocycles. The molecule has 1 heterocycles. The van der Waals surface area contributed by atoms with Gasteiger partial charge in [0.2, 0.25) is 0 Å². The fraction of sp³-hybridized carbons (Fsp3) is 0.0909. The fourth-order valence-electron chi connectivity index (χ4n) is 1.53. The molecule has 0 N–H and O–H groups in total. The lowest BCUT2D eigenvalue weighted by atomic mass is 10.2. The van der Waals surface area contributed by atoms with Gasteiger partial charge in [-0.05, 0) is 12.1 Å². The summed E-state index contributed by atoms with van der Waals surface area (Å²) in [4.78, 5) is 14.7. The molecule has 0 saturated carbocycles. The Kier molecular flexibility index (Phi) is 2.14. The highest BCUT2D eigenvalue weighted by atomic mass is 16.1. The van der Waals surface area contributed by atoms with E-state index in [9.17, 15) is 4.79 Å². The van der Waals surface area contributed by atoms with Crippen molar-refractivity contribution < 1.29 is 4.79 Å². The van der Waals surface area contributed by atoms with E-state index in [1.807, 2.05) is 30.3 Å². The maximum atomic E-state index is 10.8. The van der Waals surface area contributed by atoms with Gasteiger partial charge < -0.3 is 0 Å². The predicted octanol–water partition coefficient (Wildman–Crippen LogP) is 1.96. The van der Waals surface area contributed by atoms with Crippen LogP contribution in [0.5, 0.6) is 0 Å². The van der Waals surface area contributed by atoms with E-state index >= 15 is 0 Å². The molecule has 0 unspecified atom stereocenters. The zero-order valence-electron chi connectivity index (χ0n) is 7.84. The van der Waals surface area contributed by atoms with Gasteiger partial charge in [0.1, 0.15) is 0 Å². The van der Waals surface area contributed by atoms with Crippen LogP contribution in [-0.4, -0.2) is 24.2 Å². The second-order valence-corrected chi connectivity index (χ2v) is 2.99. The Balaban J connectivity index is 2.80. The fourth-order valence-corrected chi connectivity index (χ4v) is 1.53. The molecular formula is C11H10N2O. The van der Waals surface area contributed by atoms with Gasteiger partial charge in [0.15, 0.2) is 6.29 Å². The average molecular weight is 186 g/mol. The number of benzene rings is 1. The van der Waals surface area contributed by atoms with Crippen LogP contribution in [0.25, 0.3) is 10.9 Å². The number of rotatable bonds is 2. The molecule has 0 amide bonds. The predicted molar refractivity (Wildman–Crippen MR) is 57.1 cm³/mol. The van der Waals surface area contributed by atoms with Crippen molar-refractivity contribution in [1.29, 1.82) is 0 Å². The van der Waals surface area contributed by atoms with Crippen LogP contribution in [0.2, 0.25) is 0 Å². The van der Waals surface area contributed by atoms with Crippen molar-refractivity contribution in [3.05, 3.63) is 36.0 Å². The molecule has 0 saturated heterocycles. The summed E-state index contributed by atoms with van der Waals surface area (Å²) in [5.74, 6) is 0. The molecule has 0 aliphatic carbocycles. The first-order valence-electron chi connectivity index (χ1n) is 4.34. The second kappa shape index (κ2) is 3.46. The van der Waals surface area contributed by atoms with Gasteiger partial charge in [-0.3, -0.25) is 14.4 Å². The van der Waals surface area contributed by atoms with Crippen molar-refractivity contribution in [2.45, 2.75) is 0 Å². The summed E-state index contributed by atoms with van der Waals surface area (Å²) in [6, 6.07) is 9.68. The lowest BCUT2D eigenvalue weighted by Crippen LogP contribution is -1.99. The van der Waals surface area contributed by atoms with Crippen LogP contribution in [0.3, 0.4) is 0 Å². The van der Waals surface area contributed by atoms with Crippen LogP contribution in [-0.2, 0) is 0 Å². The summed E-state index contributed by atoms with van der Waals surface area (Å²) in [7, 11) is 1.68. The quantitative estimate of drug-likeness (QED) is 0.401. The minimum Gasteiger partial charge on any atom is -0.298 e. The van der Waals surface area contributed by atoms with Crippen molar-refractivity contribution in [2.24, 2.45) is 4.99 Å². The van der Waals surface area contributed by atoms with Crippen LogP contribution < -0.4 is 0 Å². The molecule has 14 heavy (non-hydrogen) atoms. The zero-order valence-corrected chi connectivity index (χ0v) is 7.84. The average Bonchev–Trinajstić information content (AvgIpc) is 2.58. The highest BCUT2D eigenvalue weighted by Crippen LogP contribution is 2.16. The number of para-hydroxylation sites is 1. The van der Waals surface area contributed by atoms with Gasteiger partial charge in [0.25, 0.3) is 0 Å². The smallest absolute Gasteiger partial charge is 0.166 e. The van der Waals surface area contributed by atoms with Crippen LogP contribution >= 0.6 is 0 Å². The Labute approximate surface area is 81.7 Å². The molecule has 0 atom stereocenters. The number of aldehydes is 1. The van der Waals surface area contributed by atoms with Gasteiger partial charge in [-0.1, -0.05) is 18.2 Å². The number of fused-ring (bicyclic) bond motifs is 1. The first kappa shape index (κ1) is 8.69. The molecule has 3 heteroatoms. The molecule has 70 valence electrons. The minimum absolute atomic E-state index is 0.622. The molecule has 1 aromatic heterocycles. The third-order valence-corrected chi connectivity index (χ3v) is 2.13. The number of nitrogens with zero attached hydrogens (tertiary/aromatic N) is 2. The molecule has 0 fully saturated rings. The van der Waals surface area contributed by atoms with Gasteiger partial charge in [-0.25, -0.2) is 0 Å². The minimum atomic E-state index is 0.622. The Morgan fingerprint density at radius 2 is 2.14 bits per heavy atom. The van der Waals surface area contributed by atoms with Crippen molar-refractivity contribution in [2.75, 3.05) is 7.05 Å². The molecule has 3 nitrogen and oxygen atoms in total. The van der Waals surface area contributed by atoms with Gasteiger partial charge in [0, 0.05) is 12.4 Å². The number of hydrogen-bond acceptors (Lipinski definition) is 2. The molecule has 0 radical (unpaired) electrons. The molecular weight excluding hydrogens is 176 g/mol. The van der Waals surface area contributed by atoms with E-state index in [2.05, 4.69) is 4.99 Å². The maximum Gasteiger partial charge on any atom is 0.166 e. The van der Waals surface area contributed by atoms with E-state index in [0.29, 0.717) is 5.69 Å². The monoisotopic (exact) mass is 186 g/mol. The molecule has 1 aromatic carbocycles. The first-order valence-corrected chi connectivity index (χ1v) is 4.34. The Morgan fingerprint density at radius 1 is 1.36 bits per heavy atom. The van der Waals surface area contributed by atoms with Crippen molar-refractivity contribution in [3.8, 4) is 0 Å². The van der Waals surface area contributed by atoms with Gasteiger partial charge >= 0.3 is 0 Å². The molecule has 2 rings (SSSR count). The molecule has 0 aliphatic rings. The van der Waals surface area contributed by atoms with Gasteiger partial charge in [-0.2, -0.15) is 0 Å². The van der Waals surface area contributed by atoms with E-state index in [-0.39, 0.29) is 0 Å². The number of carbonyl (C=O) groups is 1. The third kappa shape index (κ3) is 1.23. The lowest BCUT2D eigenvalue weighted by molar-refractivity contribution is 0.111. The van der Waals surface area contributed by atoms with Crippen molar-refractivity contribution >= 4 is 23.5 Å². The van der Waals surface area contributed by atoms with Crippen LogP contribution in [0.1, 0.15) is 10.5 Å². The van der Waals surface area contributed by atoms with Crippen molar-refractivity contribution in [3.63, 3.8) is 0 Å². The van der Waals surface area contributed by atoms with E-state index < -0.39 is 0 Å². The number of carbonyl (C=O) groups excluding carboxylic acids is 1. The summed E-state index contributed by atoms with van der Waals surface area (Å²) in [6.45, 7) is 0. The largest absolute Gasteiger partial charge is 0.298 e. The first-order chi connectivity index (χ1) is 6.86. The maximum absolute atomic E-state index is 10.8. The number of hydrogen-bond donors (Lipinski definition) is 0. The standard InChI is InChI=1S/C11H10N2O/c1-12-8-13-10(7-14)6-9-4-2-3-5-11(9)13/h2-8H,1H3/b12-8+. The van der Waals surface area contributed by atoms with Gasteiger partial charge in [0.05, 0.1) is 17.5 Å². The summed E-state index contributed by atoms with van der Waals surface area (Å²) < 4.78 is 1.78. The SMILES string of the molecule is C/N=C/n1c(C=O)cc2ccccc21. The van der Waals surface area contributed by atoms with Crippen LogP contribution in [0.15, 0.2) is 35.3 Å². The summed E-state index contributed by atoms with van der Waals surface area (Å²) in [5, 5.41) is 1.05. The van der Waals surface area contributed by atoms with Crippen LogP contribution in [0.4, 0.5) is 0 Å². The summed E-state index contributed by atoms with van der Waals surface area (Å²) >= 11 is 0. The summed E-state index contributed by atoms with van der Waals surface area (Å²) in [5.41, 5.74) is 1.62. The highest BCUT2D eigenvalue weighted by molar-refractivity contribution is 5.94. The van der Waals surface area contributed by atoms with Crippen molar-refractivity contribution in [1.82, 2.24) is 4.57 Å². The zero-order chi connectivity index (χ0) is 9.97. The van der Waals surface area contributed by atoms with E-state index in [1.54, 1.807) is 18.0 Å². The molecule has 0 spiro atoms. The third-order valence-electron chi connectivity index (χ3n) is 2.13. The number of aliphatic imine (C=N–C) groups is 1. The Bertz CT molecular complexity index is 497. The van der Waals surface area contributed by atoms with E-state index in [1.165, 1.54) is 0 Å². The van der Waals surface area contributed by atoms with E-state index in [0.717, 1.165) is 17.2 Å². The molecule has 2 aromatic rings. The molecule has 0 bridgehead atoms. The Hall–Kier alpha value is -1.90. The Morgan fingerprint density at radius 3 is 2.86 bits per heavy atom. The number of aromatic nitrogens is 1. The van der Waals surface area contributed by atoms with Gasteiger partial charge in [-0.15, -0.1) is 0 Å².